The Kier molecular flexibility index (Phi) is 8.61. The topological polar surface area (TPSA) is 109 Å². The van der Waals surface area contributed by atoms with Gasteiger partial charge in [-0.1, -0.05) is 23.7 Å². The van der Waals surface area contributed by atoms with E-state index < -0.39 is 17.1 Å². The molecular weight excluding hydrogens is 504 g/mol. The van der Waals surface area contributed by atoms with Crippen molar-refractivity contribution in [3.8, 4) is 0 Å². The molecule has 2 aliphatic carbocycles. The van der Waals surface area contributed by atoms with Crippen LogP contribution in [0, 0.1) is 11.8 Å². The number of halogens is 1. The van der Waals surface area contributed by atoms with Gasteiger partial charge < -0.3 is 20.7 Å². The van der Waals surface area contributed by atoms with Gasteiger partial charge in [0.15, 0.2) is 0 Å². The fraction of sp³-hybridized carbons (Fsp3) is 0.517. The van der Waals surface area contributed by atoms with E-state index in [9.17, 15) is 14.4 Å². The van der Waals surface area contributed by atoms with Crippen molar-refractivity contribution in [3.05, 3.63) is 59.4 Å². The van der Waals surface area contributed by atoms with Crippen LogP contribution in [0.3, 0.4) is 0 Å². The lowest BCUT2D eigenvalue weighted by atomic mass is 9.78. The number of amides is 3. The highest BCUT2D eigenvalue weighted by molar-refractivity contribution is 6.30. The fourth-order valence-corrected chi connectivity index (χ4v) is 5.30. The largest absolute Gasteiger partial charge is 0.444 e. The van der Waals surface area contributed by atoms with Crippen LogP contribution in [0.1, 0.15) is 64.9 Å². The fourth-order valence-electron chi connectivity index (χ4n) is 5.17. The highest BCUT2D eigenvalue weighted by Gasteiger charge is 2.51. The van der Waals surface area contributed by atoms with Crippen LogP contribution in [0.4, 0.5) is 10.5 Å². The minimum atomic E-state index is -0.632. The summed E-state index contributed by atoms with van der Waals surface area (Å²) in [6, 6.07) is 10.7. The zero-order chi connectivity index (χ0) is 27.3. The van der Waals surface area contributed by atoms with Gasteiger partial charge in [-0.3, -0.25) is 14.6 Å². The number of hydrogen-bond acceptors (Lipinski definition) is 5. The minimum absolute atomic E-state index is 0.00163. The van der Waals surface area contributed by atoms with E-state index in [1.54, 1.807) is 36.7 Å². The second-order valence-electron chi connectivity index (χ2n) is 11.4. The minimum Gasteiger partial charge on any atom is -0.444 e. The first-order chi connectivity index (χ1) is 18.1. The third kappa shape index (κ3) is 7.25. The molecule has 0 saturated heterocycles. The molecule has 3 N–H and O–H groups in total. The van der Waals surface area contributed by atoms with Crippen LogP contribution in [-0.2, 0) is 19.7 Å². The van der Waals surface area contributed by atoms with E-state index in [0.29, 0.717) is 24.4 Å². The highest BCUT2D eigenvalue weighted by atomic mass is 35.5. The van der Waals surface area contributed by atoms with E-state index in [0.717, 1.165) is 36.9 Å². The molecule has 8 nitrogen and oxygen atoms in total. The number of benzene rings is 1. The Balaban J connectivity index is 1.37. The van der Waals surface area contributed by atoms with Gasteiger partial charge in [-0.2, -0.15) is 0 Å². The van der Waals surface area contributed by atoms with Crippen LogP contribution in [0.5, 0.6) is 0 Å². The van der Waals surface area contributed by atoms with Gasteiger partial charge >= 0.3 is 6.09 Å². The molecule has 1 atom stereocenters. The van der Waals surface area contributed by atoms with Crippen LogP contribution < -0.4 is 16.0 Å². The highest BCUT2D eigenvalue weighted by Crippen LogP contribution is 2.48. The average Bonchev–Trinajstić information content (AvgIpc) is 3.68. The van der Waals surface area contributed by atoms with Gasteiger partial charge in [-0.25, -0.2) is 4.79 Å². The summed E-state index contributed by atoms with van der Waals surface area (Å²) in [6.45, 7) is 5.75. The zero-order valence-electron chi connectivity index (χ0n) is 22.3. The molecule has 4 rings (SSSR count). The van der Waals surface area contributed by atoms with Crippen molar-refractivity contribution in [1.82, 2.24) is 15.6 Å². The van der Waals surface area contributed by atoms with E-state index in [4.69, 9.17) is 16.3 Å². The molecule has 204 valence electrons. The number of rotatable bonds is 8. The van der Waals surface area contributed by atoms with E-state index in [1.807, 2.05) is 32.9 Å². The van der Waals surface area contributed by atoms with Crippen molar-refractivity contribution in [2.24, 2.45) is 11.8 Å². The summed E-state index contributed by atoms with van der Waals surface area (Å²) in [6.07, 6.45) is 7.27. The summed E-state index contributed by atoms with van der Waals surface area (Å²) >= 11 is 6.03. The maximum Gasteiger partial charge on any atom is 0.407 e. The van der Waals surface area contributed by atoms with Crippen LogP contribution >= 0.6 is 11.6 Å². The van der Waals surface area contributed by atoms with Crippen molar-refractivity contribution < 1.29 is 19.1 Å². The van der Waals surface area contributed by atoms with Crippen molar-refractivity contribution in [2.45, 2.75) is 76.4 Å². The molecule has 1 aromatic heterocycles. The summed E-state index contributed by atoms with van der Waals surface area (Å²) in [5.41, 5.74) is 0.516. The molecule has 2 saturated carbocycles. The molecule has 1 heterocycles. The number of nitrogens with one attached hydrogen (secondary N) is 3. The molecule has 2 fully saturated rings. The molecule has 2 aliphatic rings. The summed E-state index contributed by atoms with van der Waals surface area (Å²) in [7, 11) is 0. The Bertz CT molecular complexity index is 1120. The van der Waals surface area contributed by atoms with Crippen molar-refractivity contribution in [1.29, 1.82) is 0 Å². The lowest BCUT2D eigenvalue weighted by molar-refractivity contribution is -0.123. The predicted molar refractivity (Wildman–Crippen MR) is 147 cm³/mol. The smallest absolute Gasteiger partial charge is 0.407 e. The molecule has 0 radical (unpaired) electrons. The third-order valence-corrected chi connectivity index (χ3v) is 7.68. The average molecular weight is 541 g/mol. The molecule has 38 heavy (non-hydrogen) atoms. The predicted octanol–water partition coefficient (Wildman–Crippen LogP) is 5.22. The molecule has 1 unspecified atom stereocenters. The molecular formula is C29H37ClN4O4. The van der Waals surface area contributed by atoms with E-state index in [2.05, 4.69) is 20.9 Å². The molecule has 0 bridgehead atoms. The Hall–Kier alpha value is -3.13. The van der Waals surface area contributed by atoms with Gasteiger partial charge in [-0.15, -0.1) is 0 Å². The van der Waals surface area contributed by atoms with Gasteiger partial charge in [0.1, 0.15) is 5.60 Å². The van der Waals surface area contributed by atoms with E-state index in [1.165, 1.54) is 0 Å². The second-order valence-corrected chi connectivity index (χ2v) is 11.8. The Morgan fingerprint density at radius 1 is 1.03 bits per heavy atom. The summed E-state index contributed by atoms with van der Waals surface area (Å²) in [5.74, 6) is -0.0335. The number of ether oxygens (including phenoxy) is 1. The number of anilines is 1. The summed E-state index contributed by atoms with van der Waals surface area (Å²) in [5, 5.41) is 9.70. The maximum absolute atomic E-state index is 13.3. The van der Waals surface area contributed by atoms with Crippen LogP contribution in [-0.4, -0.2) is 41.1 Å². The van der Waals surface area contributed by atoms with E-state index in [-0.39, 0.29) is 29.7 Å². The Labute approximate surface area is 229 Å². The van der Waals surface area contributed by atoms with Gasteiger partial charge in [0.25, 0.3) is 0 Å². The zero-order valence-corrected chi connectivity index (χ0v) is 23.0. The Morgan fingerprint density at radius 2 is 1.66 bits per heavy atom. The number of nitrogens with zero attached hydrogens (tertiary/aromatic N) is 1. The van der Waals surface area contributed by atoms with Gasteiger partial charge in [-0.05, 0) is 95.0 Å². The molecule has 0 aliphatic heterocycles. The van der Waals surface area contributed by atoms with Crippen LogP contribution in [0.2, 0.25) is 5.02 Å². The summed E-state index contributed by atoms with van der Waals surface area (Å²) < 4.78 is 5.51. The second kappa shape index (κ2) is 11.7. The lowest BCUT2D eigenvalue weighted by Crippen LogP contribution is -2.51. The van der Waals surface area contributed by atoms with Gasteiger partial charge in [0, 0.05) is 35.6 Å². The monoisotopic (exact) mass is 540 g/mol. The molecule has 2 aromatic rings. The summed E-state index contributed by atoms with van der Waals surface area (Å²) in [4.78, 5) is 42.7. The third-order valence-electron chi connectivity index (χ3n) is 7.43. The van der Waals surface area contributed by atoms with Crippen molar-refractivity contribution in [3.63, 3.8) is 0 Å². The lowest BCUT2D eigenvalue weighted by Gasteiger charge is -2.34. The number of hydrogen-bond donors (Lipinski definition) is 3. The number of pyridine rings is 1. The van der Waals surface area contributed by atoms with Gasteiger partial charge in [0.05, 0.1) is 11.5 Å². The number of aromatic nitrogens is 1. The SMILES string of the molecule is CC(C)(C)OC(=O)NC(CNC(=O)C1(c2ccc(Cl)cc2)CC1)[C@H]1CC[C@H](C(=O)Nc2ccncc2)CC1. The molecule has 9 heteroatoms. The number of alkyl carbamates (subject to hydrolysis) is 1. The first kappa shape index (κ1) is 27.9. The standard InChI is InChI=1S/C29H37ClN4O4/c1-28(2,3)38-27(37)34-24(18-32-26(36)29(14-15-29)21-8-10-22(30)11-9-21)19-4-6-20(7-5-19)25(35)33-23-12-16-31-17-13-23/h8-13,16-17,19-20,24H,4-7,14-15,18H2,1-3H3,(H,32,36)(H,34,37)(H,31,33,35)/t19-,20-,24?. The van der Waals surface area contributed by atoms with E-state index >= 15 is 0 Å². The first-order valence-corrected chi connectivity index (χ1v) is 13.7. The Morgan fingerprint density at radius 3 is 2.24 bits per heavy atom. The number of carbonyl (C=O) groups is 3. The van der Waals surface area contributed by atoms with Crippen molar-refractivity contribution >= 4 is 35.2 Å². The maximum atomic E-state index is 13.3. The molecule has 0 spiro atoms. The molecule has 3 amide bonds. The van der Waals surface area contributed by atoms with Crippen molar-refractivity contribution in [2.75, 3.05) is 11.9 Å². The first-order valence-electron chi connectivity index (χ1n) is 13.3. The van der Waals surface area contributed by atoms with Crippen LogP contribution in [0.25, 0.3) is 0 Å². The van der Waals surface area contributed by atoms with Crippen LogP contribution in [0.15, 0.2) is 48.8 Å². The normalized spacial score (nSPS) is 21.1. The quantitative estimate of drug-likeness (QED) is 0.425. The van der Waals surface area contributed by atoms with Gasteiger partial charge in [0.2, 0.25) is 11.8 Å². The molecule has 1 aromatic carbocycles. The number of carbonyl (C=O) groups excluding carboxylic acids is 3.